The zero-order valence-corrected chi connectivity index (χ0v) is 15.2. The zero-order valence-electron chi connectivity index (χ0n) is 15.2. The van der Waals surface area contributed by atoms with Gasteiger partial charge in [0.15, 0.2) is 6.61 Å². The Balaban J connectivity index is 2.02. The smallest absolute Gasteiger partial charge is 0.345 e. The van der Waals surface area contributed by atoms with E-state index in [0.717, 1.165) is 0 Å². The van der Waals surface area contributed by atoms with Crippen LogP contribution >= 0.6 is 0 Å². The van der Waals surface area contributed by atoms with Gasteiger partial charge >= 0.3 is 12.0 Å². The van der Waals surface area contributed by atoms with E-state index in [9.17, 15) is 19.2 Å². The maximum Gasteiger partial charge on any atom is 0.345 e. The molecular weight excluding hydrogens is 364 g/mol. The second-order valence-electron chi connectivity index (χ2n) is 5.60. The highest BCUT2D eigenvalue weighted by Gasteiger charge is 2.26. The van der Waals surface area contributed by atoms with E-state index in [0.29, 0.717) is 29.7 Å². The molecule has 0 saturated heterocycles. The van der Waals surface area contributed by atoms with Crippen LogP contribution < -0.4 is 15.4 Å². The molecule has 0 spiro atoms. The number of benzene rings is 2. The quantitative estimate of drug-likeness (QED) is 0.532. The van der Waals surface area contributed by atoms with Crippen molar-refractivity contribution in [2.24, 2.45) is 0 Å². The maximum absolute atomic E-state index is 12.4. The van der Waals surface area contributed by atoms with Crippen molar-refractivity contribution in [3.8, 4) is 5.75 Å². The third-order valence-corrected chi connectivity index (χ3v) is 3.54. The number of aldehydes is 1. The summed E-state index contributed by atoms with van der Waals surface area (Å²) in [5, 5.41) is 4.56. The van der Waals surface area contributed by atoms with Crippen LogP contribution in [0.1, 0.15) is 28.9 Å². The normalized spacial score (nSPS) is 11.0. The first-order valence-electron chi connectivity index (χ1n) is 8.54. The Hall–Kier alpha value is -3.68. The number of esters is 1. The number of carbonyl (C=O) groups excluding carboxylic acids is 4. The topological polar surface area (TPSA) is 111 Å². The third kappa shape index (κ3) is 6.24. The Kier molecular flexibility index (Phi) is 7.71. The van der Waals surface area contributed by atoms with Crippen molar-refractivity contribution in [1.29, 1.82) is 0 Å². The van der Waals surface area contributed by atoms with Gasteiger partial charge in [0.05, 0.1) is 0 Å². The second kappa shape index (κ2) is 10.5. The van der Waals surface area contributed by atoms with Crippen LogP contribution in [0.15, 0.2) is 54.6 Å². The van der Waals surface area contributed by atoms with Crippen molar-refractivity contribution in [3.63, 3.8) is 0 Å². The molecule has 3 amide bonds. The van der Waals surface area contributed by atoms with Gasteiger partial charge in [-0.15, -0.1) is 0 Å². The average molecular weight is 384 g/mol. The molecule has 0 saturated carbocycles. The number of rotatable bonds is 8. The highest BCUT2D eigenvalue weighted by Crippen LogP contribution is 2.18. The summed E-state index contributed by atoms with van der Waals surface area (Å²) in [6, 6.07) is 13.8. The minimum Gasteiger partial charge on any atom is -0.482 e. The molecule has 8 heteroatoms. The molecular formula is C20H20N2O6. The SMILES string of the molecule is CCNC(=O)NC(=O)[C@@H](OC(=O)COc1ccc(C=O)cc1)c1ccccc1. The molecule has 0 fully saturated rings. The fraction of sp³-hybridized carbons (Fsp3) is 0.200. The van der Waals surface area contributed by atoms with Gasteiger partial charge in [0.1, 0.15) is 12.0 Å². The molecule has 0 aromatic heterocycles. The van der Waals surface area contributed by atoms with Crippen molar-refractivity contribution in [2.45, 2.75) is 13.0 Å². The van der Waals surface area contributed by atoms with Crippen LogP contribution in [0.3, 0.4) is 0 Å². The van der Waals surface area contributed by atoms with Gasteiger partial charge < -0.3 is 14.8 Å². The van der Waals surface area contributed by atoms with Gasteiger partial charge in [-0.1, -0.05) is 30.3 Å². The largest absolute Gasteiger partial charge is 0.482 e. The van der Waals surface area contributed by atoms with Crippen molar-refractivity contribution in [1.82, 2.24) is 10.6 Å². The van der Waals surface area contributed by atoms with Crippen LogP contribution in [0.4, 0.5) is 4.79 Å². The Morgan fingerprint density at radius 3 is 2.32 bits per heavy atom. The molecule has 0 unspecified atom stereocenters. The minimum absolute atomic E-state index is 0.339. The number of hydrogen-bond acceptors (Lipinski definition) is 6. The van der Waals surface area contributed by atoms with E-state index in [4.69, 9.17) is 9.47 Å². The van der Waals surface area contributed by atoms with Gasteiger partial charge in [-0.05, 0) is 31.2 Å². The first-order valence-corrected chi connectivity index (χ1v) is 8.54. The zero-order chi connectivity index (χ0) is 20.4. The summed E-state index contributed by atoms with van der Waals surface area (Å²) in [7, 11) is 0. The molecule has 1 atom stereocenters. The standard InChI is InChI=1S/C20H20N2O6/c1-2-21-20(26)22-19(25)18(15-6-4-3-5-7-15)28-17(24)13-27-16-10-8-14(12-23)9-11-16/h3-12,18H,2,13H2,1H3,(H2,21,22,25,26)/t18-/m0/s1. The molecule has 2 rings (SSSR count). The van der Waals surface area contributed by atoms with Crippen LogP contribution in [0.2, 0.25) is 0 Å². The first-order chi connectivity index (χ1) is 13.5. The van der Waals surface area contributed by atoms with E-state index in [1.807, 2.05) is 0 Å². The van der Waals surface area contributed by atoms with Crippen LogP contribution in [0.25, 0.3) is 0 Å². The molecule has 146 valence electrons. The molecule has 0 bridgehead atoms. The Bertz CT molecular complexity index is 820. The van der Waals surface area contributed by atoms with E-state index >= 15 is 0 Å². The number of amides is 3. The van der Waals surface area contributed by atoms with Gasteiger partial charge in [-0.2, -0.15) is 0 Å². The Morgan fingerprint density at radius 1 is 1.04 bits per heavy atom. The summed E-state index contributed by atoms with van der Waals surface area (Å²) in [6.45, 7) is 1.60. The van der Waals surface area contributed by atoms with Gasteiger partial charge in [0.25, 0.3) is 5.91 Å². The predicted molar refractivity (Wildman–Crippen MR) is 99.8 cm³/mol. The van der Waals surface area contributed by atoms with Gasteiger partial charge in [-0.25, -0.2) is 9.59 Å². The van der Waals surface area contributed by atoms with E-state index in [2.05, 4.69) is 10.6 Å². The van der Waals surface area contributed by atoms with E-state index in [-0.39, 0.29) is 0 Å². The number of imide groups is 1. The third-order valence-electron chi connectivity index (χ3n) is 3.54. The molecule has 2 aromatic carbocycles. The predicted octanol–water partition coefficient (Wildman–Crippen LogP) is 2.01. The van der Waals surface area contributed by atoms with Gasteiger partial charge in [-0.3, -0.25) is 14.9 Å². The van der Waals surface area contributed by atoms with E-state index < -0.39 is 30.6 Å². The van der Waals surface area contributed by atoms with Gasteiger partial charge in [0, 0.05) is 17.7 Å². The highest BCUT2D eigenvalue weighted by atomic mass is 16.6. The van der Waals surface area contributed by atoms with Crippen LogP contribution in [-0.2, 0) is 14.3 Å². The van der Waals surface area contributed by atoms with Crippen LogP contribution in [-0.4, -0.2) is 37.3 Å². The fourth-order valence-corrected chi connectivity index (χ4v) is 2.23. The number of carbonyl (C=O) groups is 4. The number of urea groups is 1. The summed E-state index contributed by atoms with van der Waals surface area (Å²) in [5.74, 6) is -1.20. The molecule has 28 heavy (non-hydrogen) atoms. The molecule has 2 aromatic rings. The maximum atomic E-state index is 12.4. The number of ether oxygens (including phenoxy) is 2. The molecule has 0 heterocycles. The number of hydrogen-bond donors (Lipinski definition) is 2. The summed E-state index contributed by atoms with van der Waals surface area (Å²) >= 11 is 0. The molecule has 0 radical (unpaired) electrons. The lowest BCUT2D eigenvalue weighted by molar-refractivity contribution is -0.158. The molecule has 0 aliphatic carbocycles. The van der Waals surface area contributed by atoms with Crippen molar-refractivity contribution in [2.75, 3.05) is 13.2 Å². The van der Waals surface area contributed by atoms with E-state index in [1.54, 1.807) is 49.4 Å². The molecule has 8 nitrogen and oxygen atoms in total. The lowest BCUT2D eigenvalue weighted by Gasteiger charge is -2.18. The van der Waals surface area contributed by atoms with Crippen LogP contribution in [0.5, 0.6) is 5.75 Å². The highest BCUT2D eigenvalue weighted by molar-refractivity contribution is 5.97. The van der Waals surface area contributed by atoms with Crippen molar-refractivity contribution in [3.05, 3.63) is 65.7 Å². The average Bonchev–Trinajstić information content (AvgIpc) is 2.71. The fourth-order valence-electron chi connectivity index (χ4n) is 2.23. The molecule has 2 N–H and O–H groups in total. The second-order valence-corrected chi connectivity index (χ2v) is 5.60. The van der Waals surface area contributed by atoms with E-state index in [1.165, 1.54) is 12.1 Å². The summed E-state index contributed by atoms with van der Waals surface area (Å²) in [4.78, 5) is 46.8. The lowest BCUT2D eigenvalue weighted by atomic mass is 10.1. The molecule has 0 aliphatic heterocycles. The summed E-state index contributed by atoms with van der Waals surface area (Å²) in [6.07, 6.45) is -0.618. The Labute approximate surface area is 161 Å². The summed E-state index contributed by atoms with van der Waals surface area (Å²) in [5.41, 5.74) is 0.883. The van der Waals surface area contributed by atoms with Crippen LogP contribution in [0, 0.1) is 0 Å². The Morgan fingerprint density at radius 2 is 1.71 bits per heavy atom. The summed E-state index contributed by atoms with van der Waals surface area (Å²) < 4.78 is 10.5. The van der Waals surface area contributed by atoms with Crippen molar-refractivity contribution >= 4 is 24.2 Å². The van der Waals surface area contributed by atoms with Gasteiger partial charge in [0.2, 0.25) is 6.10 Å². The number of nitrogens with one attached hydrogen (secondary N) is 2. The van der Waals surface area contributed by atoms with Crippen molar-refractivity contribution < 1.29 is 28.7 Å². The minimum atomic E-state index is -1.31. The molecule has 0 aliphatic rings. The first kappa shape index (κ1) is 20.6. The lowest BCUT2D eigenvalue weighted by Crippen LogP contribution is -2.42. The monoisotopic (exact) mass is 384 g/mol.